The van der Waals surface area contributed by atoms with E-state index in [1.54, 1.807) is 13.8 Å². The lowest BCUT2D eigenvalue weighted by atomic mass is 9.96. The molecule has 0 saturated heterocycles. The number of nitrogens with two attached hydrogens (primary N) is 1. The largest absolute Gasteiger partial charge is 0.508 e. The number of phenols is 1. The van der Waals surface area contributed by atoms with Gasteiger partial charge in [-0.2, -0.15) is 0 Å². The molecule has 0 aliphatic heterocycles. The number of phenolic OH excluding ortho intramolecular Hbond substituents is 1. The molecule has 0 spiro atoms. The first-order valence-electron chi connectivity index (χ1n) is 19.9. The van der Waals surface area contributed by atoms with Gasteiger partial charge < -0.3 is 73.3 Å². The molecule has 6 amide bonds. The molecular weight excluding hydrogens is 850 g/mol. The van der Waals surface area contributed by atoms with Crippen LogP contribution in [-0.4, -0.2) is 148 Å². The Morgan fingerprint density at radius 3 is 1.62 bits per heavy atom. The molecule has 1 heterocycles. The van der Waals surface area contributed by atoms with Gasteiger partial charge in [-0.05, 0) is 43.4 Å². The topological polar surface area (TPSA) is 419 Å². The van der Waals surface area contributed by atoms with Crippen molar-refractivity contribution in [3.8, 4) is 5.75 Å². The smallest absolute Gasteiger partial charge is 0.326 e. The van der Waals surface area contributed by atoms with Crippen LogP contribution in [-0.2, 0) is 60.8 Å². The van der Waals surface area contributed by atoms with Crippen LogP contribution in [0.1, 0.15) is 70.6 Å². The van der Waals surface area contributed by atoms with E-state index in [1.807, 2.05) is 5.32 Å². The molecule has 0 fully saturated rings. The molecule has 0 unspecified atom stereocenters. The number of hydrogen-bond acceptors (Lipinski definition) is 14. The lowest BCUT2D eigenvalue weighted by Crippen LogP contribution is -2.61. The number of imidazole rings is 1. The summed E-state index contributed by atoms with van der Waals surface area (Å²) in [4.78, 5) is 134. The molecule has 1 aromatic carbocycles. The number of hydrogen-bond donors (Lipinski definition) is 14. The molecule has 64 heavy (non-hydrogen) atoms. The minimum atomic E-state index is -2.03. The van der Waals surface area contributed by atoms with E-state index in [1.165, 1.54) is 43.7 Å². The lowest BCUT2D eigenvalue weighted by molar-refractivity contribution is -0.144. The Labute approximate surface area is 365 Å². The van der Waals surface area contributed by atoms with Crippen molar-refractivity contribution in [3.63, 3.8) is 0 Å². The van der Waals surface area contributed by atoms with Crippen molar-refractivity contribution in [1.82, 2.24) is 41.9 Å². The molecule has 25 nitrogen and oxygen atoms in total. The maximum Gasteiger partial charge on any atom is 0.326 e. The highest BCUT2D eigenvalue weighted by molar-refractivity contribution is 5.98. The number of aromatic hydroxyl groups is 1. The van der Waals surface area contributed by atoms with Gasteiger partial charge in [0.1, 0.15) is 48.0 Å². The Morgan fingerprint density at radius 1 is 0.641 bits per heavy atom. The quantitative estimate of drug-likeness (QED) is 0.0401. The fraction of sp³-hybridized carbons (Fsp3) is 0.513. The number of carbonyl (C=O) groups excluding carboxylic acids is 6. The van der Waals surface area contributed by atoms with Crippen molar-refractivity contribution in [3.05, 3.63) is 48.0 Å². The van der Waals surface area contributed by atoms with E-state index in [0.29, 0.717) is 17.7 Å². The molecule has 0 bridgehead atoms. The third-order valence-electron chi connectivity index (χ3n) is 9.79. The van der Waals surface area contributed by atoms with Gasteiger partial charge in [-0.25, -0.2) is 9.78 Å². The minimum absolute atomic E-state index is 0.162. The summed E-state index contributed by atoms with van der Waals surface area (Å²) in [5.74, 6) is -13.3. The number of aliphatic hydroxyl groups is 1. The maximum atomic E-state index is 14.1. The number of nitrogens with zero attached hydrogens (tertiary/aromatic N) is 1. The molecule has 0 aliphatic carbocycles. The zero-order valence-electron chi connectivity index (χ0n) is 35.1. The first-order chi connectivity index (χ1) is 30.0. The number of aromatic nitrogens is 2. The van der Waals surface area contributed by atoms with Crippen molar-refractivity contribution in [1.29, 1.82) is 0 Å². The third-order valence-corrected chi connectivity index (χ3v) is 9.79. The van der Waals surface area contributed by atoms with Crippen LogP contribution in [0.15, 0.2) is 36.8 Å². The normalized spacial score (nSPS) is 15.2. The second-order valence-corrected chi connectivity index (χ2v) is 14.9. The molecule has 2 rings (SSSR count). The van der Waals surface area contributed by atoms with Crippen molar-refractivity contribution in [2.75, 3.05) is 0 Å². The molecule has 352 valence electrons. The van der Waals surface area contributed by atoms with Crippen LogP contribution in [0.25, 0.3) is 0 Å². The van der Waals surface area contributed by atoms with Gasteiger partial charge in [0.15, 0.2) is 0 Å². The van der Waals surface area contributed by atoms with Crippen molar-refractivity contribution in [2.24, 2.45) is 11.7 Å². The Bertz CT molecular complexity index is 1960. The van der Waals surface area contributed by atoms with E-state index in [2.05, 4.69) is 36.6 Å². The molecule has 15 N–H and O–H groups in total. The Balaban J connectivity index is 2.51. The van der Waals surface area contributed by atoms with Crippen LogP contribution in [0.2, 0.25) is 0 Å². The minimum Gasteiger partial charge on any atom is -0.508 e. The average molecular weight is 906 g/mol. The molecule has 9 atom stereocenters. The maximum absolute atomic E-state index is 14.1. The first-order valence-corrected chi connectivity index (χ1v) is 19.9. The highest BCUT2D eigenvalue weighted by atomic mass is 16.4. The monoisotopic (exact) mass is 905 g/mol. The Kier molecular flexibility index (Phi) is 21.3. The fourth-order valence-electron chi connectivity index (χ4n) is 5.87. The van der Waals surface area contributed by atoms with E-state index in [9.17, 15) is 73.5 Å². The zero-order chi connectivity index (χ0) is 48.3. The zero-order valence-corrected chi connectivity index (χ0v) is 35.1. The predicted octanol–water partition coefficient (Wildman–Crippen LogP) is -3.15. The van der Waals surface area contributed by atoms with Gasteiger partial charge in [0.2, 0.25) is 35.4 Å². The first kappa shape index (κ1) is 53.0. The lowest BCUT2D eigenvalue weighted by Gasteiger charge is -2.29. The van der Waals surface area contributed by atoms with Crippen molar-refractivity contribution in [2.45, 2.75) is 121 Å². The highest BCUT2D eigenvalue weighted by Gasteiger charge is 2.36. The number of nitrogens with one attached hydrogen (secondary N) is 7. The van der Waals surface area contributed by atoms with Gasteiger partial charge >= 0.3 is 23.9 Å². The molecule has 0 saturated carbocycles. The van der Waals surface area contributed by atoms with Gasteiger partial charge in [0.05, 0.1) is 18.9 Å². The van der Waals surface area contributed by atoms with Gasteiger partial charge in [-0.1, -0.05) is 32.4 Å². The summed E-state index contributed by atoms with van der Waals surface area (Å²) >= 11 is 0. The number of benzene rings is 1. The Hall–Kier alpha value is -7.15. The van der Waals surface area contributed by atoms with E-state index in [4.69, 9.17) is 10.8 Å². The number of carboxylic acids is 4. The summed E-state index contributed by atoms with van der Waals surface area (Å²) in [6.45, 7) is 4.65. The summed E-state index contributed by atoms with van der Waals surface area (Å²) in [7, 11) is 0. The number of amides is 6. The molecule has 0 radical (unpaired) electrons. The van der Waals surface area contributed by atoms with Gasteiger partial charge in [0, 0.05) is 37.6 Å². The third kappa shape index (κ3) is 18.1. The van der Waals surface area contributed by atoms with E-state index >= 15 is 0 Å². The van der Waals surface area contributed by atoms with Gasteiger partial charge in [-0.3, -0.25) is 43.2 Å². The number of aromatic amines is 1. The summed E-state index contributed by atoms with van der Waals surface area (Å²) < 4.78 is 0. The standard InChI is InChI=1S/C39H55N9O16/c1-4-18(2)32(48-37(61)31(40)19(3)49)38(62)47-26(14-21-16-41-17-42-21)35(59)45-25(13-20-5-7-22(50)8-6-20)34(58)46-27(15-30(55)56)36(60)43-23(9-11-28(51)52)33(57)44-24(39(63)64)10-12-29(53)54/h5-8,16-19,23-27,31-32,49-50H,4,9-15,40H2,1-3H3,(H,41,42)(H,43,60)(H,44,57)(H,45,59)(H,46,58)(H,47,62)(H,48,61)(H,51,52)(H,53,54)(H,55,56)(H,63,64)/t18-,19+,23-,24-,25-,26-,27-,31-,32-/m0/s1. The number of rotatable bonds is 28. The van der Waals surface area contributed by atoms with Crippen molar-refractivity contribution >= 4 is 59.3 Å². The average Bonchev–Trinajstić information content (AvgIpc) is 3.74. The Morgan fingerprint density at radius 2 is 1.12 bits per heavy atom. The highest BCUT2D eigenvalue weighted by Crippen LogP contribution is 2.14. The van der Waals surface area contributed by atoms with Crippen LogP contribution in [0.3, 0.4) is 0 Å². The summed E-state index contributed by atoms with van der Waals surface area (Å²) in [5.41, 5.74) is 6.43. The molecular formula is C39H55N9O16. The number of carbonyl (C=O) groups is 10. The number of aliphatic carboxylic acids is 4. The van der Waals surface area contributed by atoms with E-state index in [-0.39, 0.29) is 18.6 Å². The molecule has 2 aromatic rings. The van der Waals surface area contributed by atoms with Crippen LogP contribution < -0.4 is 37.6 Å². The van der Waals surface area contributed by atoms with Gasteiger partial charge in [0.25, 0.3) is 0 Å². The SMILES string of the molecule is CC[C@H](C)[C@H](NC(=O)[C@@H](N)[C@@H](C)O)C(=O)N[C@@H](Cc1cnc[nH]1)C(=O)N[C@@H](Cc1ccc(O)cc1)C(=O)N[C@@H](CC(=O)O)C(=O)N[C@@H](CCC(=O)O)C(=O)N[C@@H](CCC(=O)O)C(=O)O. The van der Waals surface area contributed by atoms with Crippen LogP contribution in [0, 0.1) is 5.92 Å². The molecule has 0 aliphatic rings. The van der Waals surface area contributed by atoms with Crippen molar-refractivity contribution < 1.29 is 78.6 Å². The summed E-state index contributed by atoms with van der Waals surface area (Å²) in [5, 5.41) is 71.0. The summed E-state index contributed by atoms with van der Waals surface area (Å²) in [6, 6.07) is -6.21. The number of H-pyrrole nitrogens is 1. The number of aliphatic hydroxyl groups excluding tert-OH is 1. The van der Waals surface area contributed by atoms with Crippen LogP contribution in [0.5, 0.6) is 5.75 Å². The van der Waals surface area contributed by atoms with Crippen LogP contribution in [0.4, 0.5) is 0 Å². The number of carboxylic acid groups (broad SMARTS) is 4. The molecule has 25 heteroatoms. The second-order valence-electron chi connectivity index (χ2n) is 14.9. The fourth-order valence-corrected chi connectivity index (χ4v) is 5.87. The summed E-state index contributed by atoms with van der Waals surface area (Å²) in [6.07, 6.45) is -2.76. The van der Waals surface area contributed by atoms with Crippen LogP contribution >= 0.6 is 0 Å². The predicted molar refractivity (Wildman–Crippen MR) is 218 cm³/mol. The van der Waals surface area contributed by atoms with E-state index < -0.39 is 146 Å². The second kappa shape index (κ2) is 25.7. The molecule has 1 aromatic heterocycles. The van der Waals surface area contributed by atoms with E-state index in [0.717, 1.165) is 0 Å². The van der Waals surface area contributed by atoms with Gasteiger partial charge in [-0.15, -0.1) is 0 Å².